The molecule has 1 aliphatic carbocycles. The number of carbonyl (C=O) groups excluding carboxylic acids is 1. The number of hydrogen-bond acceptors (Lipinski definition) is 4. The van der Waals surface area contributed by atoms with Crippen molar-refractivity contribution in [3.63, 3.8) is 0 Å². The number of carboxylic acid groups (broad SMARTS) is 1. The van der Waals surface area contributed by atoms with Gasteiger partial charge in [0.2, 0.25) is 0 Å². The fourth-order valence-corrected chi connectivity index (χ4v) is 5.70. The third-order valence-corrected chi connectivity index (χ3v) is 6.75. The Hall–Kier alpha value is -1.38. The maximum atomic E-state index is 14.2. The highest BCUT2D eigenvalue weighted by Gasteiger charge is 2.43. The molecule has 0 aliphatic heterocycles. The fourth-order valence-electron chi connectivity index (χ4n) is 4.21. The second-order valence-electron chi connectivity index (χ2n) is 9.73. The van der Waals surface area contributed by atoms with Crippen LogP contribution < -0.4 is 0 Å². The highest BCUT2D eigenvalue weighted by atomic mass is 28.4. The molecule has 0 aromatic heterocycles. The Labute approximate surface area is 192 Å². The van der Waals surface area contributed by atoms with Crippen LogP contribution >= 0.6 is 0 Å². The van der Waals surface area contributed by atoms with E-state index in [0.29, 0.717) is 25.7 Å². The van der Waals surface area contributed by atoms with E-state index in [9.17, 15) is 23.5 Å². The minimum Gasteiger partial charge on any atom is -0.481 e. The van der Waals surface area contributed by atoms with Crippen molar-refractivity contribution in [2.45, 2.75) is 102 Å². The van der Waals surface area contributed by atoms with E-state index in [1.54, 1.807) is 12.2 Å². The van der Waals surface area contributed by atoms with Gasteiger partial charge in [-0.2, -0.15) is 0 Å². The summed E-state index contributed by atoms with van der Waals surface area (Å²) in [6.07, 6.45) is 7.14. The van der Waals surface area contributed by atoms with Gasteiger partial charge in [0, 0.05) is 24.7 Å². The number of aliphatic hydroxyl groups is 1. The highest BCUT2D eigenvalue weighted by molar-refractivity contribution is 6.69. The number of aliphatic carboxylic acids is 1. The Bertz CT molecular complexity index is 659. The quantitative estimate of drug-likeness (QED) is 0.179. The molecule has 184 valence electrons. The number of ketones is 1. The molecule has 0 heterocycles. The molecule has 0 amide bonds. The first-order valence-electron chi connectivity index (χ1n) is 11.6. The number of rotatable bonds is 15. The van der Waals surface area contributed by atoms with Crippen molar-refractivity contribution in [1.29, 1.82) is 0 Å². The molecule has 1 aliphatic rings. The van der Waals surface area contributed by atoms with E-state index in [-0.39, 0.29) is 31.5 Å². The number of Topliss-reactive ketones (excluding diaryl/α,β-unsaturated/α-hetero) is 1. The van der Waals surface area contributed by atoms with E-state index in [1.165, 1.54) is 0 Å². The zero-order valence-electron chi connectivity index (χ0n) is 19.9. The van der Waals surface area contributed by atoms with Gasteiger partial charge in [-0.1, -0.05) is 44.1 Å². The summed E-state index contributed by atoms with van der Waals surface area (Å²) in [5, 5.41) is 19.0. The molecule has 4 atom stereocenters. The fraction of sp³-hybridized carbons (Fsp3) is 0.750. The van der Waals surface area contributed by atoms with E-state index in [2.05, 4.69) is 0 Å². The molecule has 0 bridgehead atoms. The van der Waals surface area contributed by atoms with E-state index >= 15 is 0 Å². The van der Waals surface area contributed by atoms with Crippen molar-refractivity contribution in [3.8, 4) is 0 Å². The number of allylic oxidation sites excluding steroid dienone is 2. The van der Waals surface area contributed by atoms with Crippen LogP contribution in [0.2, 0.25) is 19.6 Å². The van der Waals surface area contributed by atoms with Gasteiger partial charge < -0.3 is 14.6 Å². The molecule has 32 heavy (non-hydrogen) atoms. The lowest BCUT2D eigenvalue weighted by Crippen LogP contribution is -2.47. The lowest BCUT2D eigenvalue weighted by atomic mass is 9.88. The Morgan fingerprint density at radius 3 is 2.50 bits per heavy atom. The molecular formula is C24H40F2O5Si. The molecule has 0 aromatic rings. The van der Waals surface area contributed by atoms with Gasteiger partial charge in [0.05, 0.1) is 6.10 Å². The van der Waals surface area contributed by atoms with E-state index in [4.69, 9.17) is 9.53 Å². The van der Waals surface area contributed by atoms with Gasteiger partial charge in [-0.3, -0.25) is 9.59 Å². The van der Waals surface area contributed by atoms with Crippen LogP contribution in [0.15, 0.2) is 24.3 Å². The van der Waals surface area contributed by atoms with E-state index in [0.717, 1.165) is 6.42 Å². The number of unbranched alkanes of at least 4 members (excludes halogenated alkanes) is 2. The average Bonchev–Trinajstić information content (AvgIpc) is 2.93. The Morgan fingerprint density at radius 2 is 1.94 bits per heavy atom. The first kappa shape index (κ1) is 28.6. The normalized spacial score (nSPS) is 24.1. The third-order valence-electron chi connectivity index (χ3n) is 5.73. The van der Waals surface area contributed by atoms with Crippen molar-refractivity contribution >= 4 is 20.1 Å². The first-order valence-corrected chi connectivity index (χ1v) is 15.0. The van der Waals surface area contributed by atoms with Crippen LogP contribution in [0.4, 0.5) is 8.78 Å². The van der Waals surface area contributed by atoms with E-state index < -0.39 is 44.3 Å². The van der Waals surface area contributed by atoms with Crippen LogP contribution in [0.1, 0.15) is 64.7 Å². The Morgan fingerprint density at radius 1 is 1.25 bits per heavy atom. The number of halogens is 2. The number of carboxylic acids is 1. The summed E-state index contributed by atoms with van der Waals surface area (Å²) in [5.74, 6) is -1.69. The summed E-state index contributed by atoms with van der Waals surface area (Å²) >= 11 is 0. The summed E-state index contributed by atoms with van der Waals surface area (Å²) in [6.45, 7) is 7.66. The summed E-state index contributed by atoms with van der Waals surface area (Å²) in [6, 6.07) is 0. The van der Waals surface area contributed by atoms with Crippen molar-refractivity contribution in [3.05, 3.63) is 24.3 Å². The van der Waals surface area contributed by atoms with Crippen LogP contribution in [-0.2, 0) is 14.0 Å². The van der Waals surface area contributed by atoms with Gasteiger partial charge in [0.25, 0.3) is 6.43 Å². The van der Waals surface area contributed by atoms with Gasteiger partial charge >= 0.3 is 5.97 Å². The SMILES string of the molecule is CCCCC(C/C=C/[C@H]1[C@H](O)CC(=O)[C@@H]1C/C=C\CCCC(=O)O)(O[Si](C)(C)C)C(F)F. The van der Waals surface area contributed by atoms with Gasteiger partial charge in [0.15, 0.2) is 8.32 Å². The zero-order chi connectivity index (χ0) is 24.4. The van der Waals surface area contributed by atoms with Gasteiger partial charge in [-0.05, 0) is 51.7 Å². The molecule has 2 N–H and O–H groups in total. The van der Waals surface area contributed by atoms with Crippen molar-refractivity contribution in [2.75, 3.05) is 0 Å². The molecule has 0 radical (unpaired) electrons. The molecule has 1 rings (SSSR count). The predicted molar refractivity (Wildman–Crippen MR) is 124 cm³/mol. The van der Waals surface area contributed by atoms with Crippen molar-refractivity contribution < 1.29 is 33.0 Å². The summed E-state index contributed by atoms with van der Waals surface area (Å²) in [5.41, 5.74) is -1.54. The second-order valence-corrected chi connectivity index (χ2v) is 14.2. The molecule has 0 aromatic carbocycles. The van der Waals surface area contributed by atoms with E-state index in [1.807, 2.05) is 38.7 Å². The third kappa shape index (κ3) is 9.63. The van der Waals surface area contributed by atoms with Gasteiger partial charge in [-0.25, -0.2) is 8.78 Å². The van der Waals surface area contributed by atoms with Gasteiger partial charge in [0.1, 0.15) is 11.4 Å². The molecule has 0 spiro atoms. The predicted octanol–water partition coefficient (Wildman–Crippen LogP) is 5.75. The lowest BCUT2D eigenvalue weighted by Gasteiger charge is -2.38. The minimum atomic E-state index is -2.62. The smallest absolute Gasteiger partial charge is 0.303 e. The van der Waals surface area contributed by atoms with Crippen molar-refractivity contribution in [2.24, 2.45) is 11.8 Å². The summed E-state index contributed by atoms with van der Waals surface area (Å²) < 4.78 is 34.3. The minimum absolute atomic E-state index is 0.0354. The maximum absolute atomic E-state index is 14.2. The summed E-state index contributed by atoms with van der Waals surface area (Å²) in [7, 11) is -2.22. The standard InChI is InChI=1S/C24H40F2O5Si/c1-5-6-15-24(23(25)26,31-32(2,3)4)16-11-13-19-18(20(27)17-21(19)28)12-9-7-8-10-14-22(29)30/h7,9,11,13,18-19,21,23,28H,5-6,8,10,12,14-17H2,1-4H3,(H,29,30)/b9-7-,13-11+/t18-,19-,21-,24?/m1/s1. The second kappa shape index (κ2) is 13.4. The zero-order valence-corrected chi connectivity index (χ0v) is 20.9. The van der Waals surface area contributed by atoms with Crippen molar-refractivity contribution in [1.82, 2.24) is 0 Å². The first-order chi connectivity index (χ1) is 14.9. The monoisotopic (exact) mass is 474 g/mol. The number of alkyl halides is 2. The maximum Gasteiger partial charge on any atom is 0.303 e. The van der Waals surface area contributed by atoms with Crippen LogP contribution in [-0.4, -0.2) is 48.4 Å². The highest BCUT2D eigenvalue weighted by Crippen LogP contribution is 2.37. The van der Waals surface area contributed by atoms with Crippen LogP contribution in [0.25, 0.3) is 0 Å². The Kier molecular flexibility index (Phi) is 12.0. The lowest BCUT2D eigenvalue weighted by molar-refractivity contribution is -0.137. The largest absolute Gasteiger partial charge is 0.481 e. The van der Waals surface area contributed by atoms with Crippen LogP contribution in [0.3, 0.4) is 0 Å². The Balaban J connectivity index is 2.86. The molecule has 1 fully saturated rings. The van der Waals surface area contributed by atoms with Crippen LogP contribution in [0, 0.1) is 11.8 Å². The number of aliphatic hydroxyl groups excluding tert-OH is 1. The van der Waals surface area contributed by atoms with Gasteiger partial charge in [-0.15, -0.1) is 0 Å². The molecule has 8 heteroatoms. The number of hydrogen-bond donors (Lipinski definition) is 2. The molecule has 1 saturated carbocycles. The topological polar surface area (TPSA) is 83.8 Å². The molecule has 5 nitrogen and oxygen atoms in total. The average molecular weight is 475 g/mol. The number of carbonyl (C=O) groups is 2. The van der Waals surface area contributed by atoms with Crippen LogP contribution in [0.5, 0.6) is 0 Å². The molecule has 1 unspecified atom stereocenters. The molecule has 0 saturated heterocycles. The summed E-state index contributed by atoms with van der Waals surface area (Å²) in [4.78, 5) is 22.9. The molecular weight excluding hydrogens is 434 g/mol.